The summed E-state index contributed by atoms with van der Waals surface area (Å²) in [7, 11) is 4.06. The number of rotatable bonds is 6. The van der Waals surface area contributed by atoms with Crippen LogP contribution in [-0.4, -0.2) is 38.5 Å². The SMILES string of the molecule is CCCCOC(=O)[C@@H]1CSC(c2ccc(N(C)C)cc2)N1. The molecule has 5 heteroatoms. The Morgan fingerprint density at radius 1 is 1.38 bits per heavy atom. The number of unbranched alkanes of at least 4 members (excludes halogenated alkanes) is 1. The van der Waals surface area contributed by atoms with Crippen LogP contribution in [0.1, 0.15) is 30.7 Å². The normalized spacial score (nSPS) is 21.3. The molecule has 0 spiro atoms. The van der Waals surface area contributed by atoms with Crippen molar-refractivity contribution in [3.8, 4) is 0 Å². The highest BCUT2D eigenvalue weighted by Gasteiger charge is 2.31. The summed E-state index contributed by atoms with van der Waals surface area (Å²) in [5, 5.41) is 3.53. The fourth-order valence-corrected chi connectivity index (χ4v) is 3.39. The number of carbonyl (C=O) groups is 1. The van der Waals surface area contributed by atoms with Gasteiger partial charge in [-0.15, -0.1) is 11.8 Å². The van der Waals surface area contributed by atoms with Crippen molar-refractivity contribution in [1.29, 1.82) is 0 Å². The van der Waals surface area contributed by atoms with Crippen molar-refractivity contribution in [2.45, 2.75) is 31.2 Å². The van der Waals surface area contributed by atoms with E-state index < -0.39 is 0 Å². The van der Waals surface area contributed by atoms with Gasteiger partial charge in [0.25, 0.3) is 0 Å². The van der Waals surface area contributed by atoms with Crippen LogP contribution in [0.4, 0.5) is 5.69 Å². The van der Waals surface area contributed by atoms with Crippen LogP contribution in [0.2, 0.25) is 0 Å². The fraction of sp³-hybridized carbons (Fsp3) is 0.562. The monoisotopic (exact) mass is 308 g/mol. The molecule has 0 aliphatic carbocycles. The first kappa shape index (κ1) is 16.2. The molecule has 0 radical (unpaired) electrons. The molecule has 1 aromatic rings. The Balaban J connectivity index is 1.88. The Morgan fingerprint density at radius 2 is 2.10 bits per heavy atom. The molecule has 1 aliphatic heterocycles. The zero-order valence-electron chi connectivity index (χ0n) is 13.0. The average Bonchev–Trinajstić information content (AvgIpc) is 2.97. The second-order valence-electron chi connectivity index (χ2n) is 5.44. The van der Waals surface area contributed by atoms with Crippen LogP contribution in [0, 0.1) is 0 Å². The topological polar surface area (TPSA) is 41.6 Å². The zero-order valence-corrected chi connectivity index (χ0v) is 13.8. The van der Waals surface area contributed by atoms with Gasteiger partial charge in [0.2, 0.25) is 0 Å². The van der Waals surface area contributed by atoms with Crippen LogP contribution in [0.5, 0.6) is 0 Å². The summed E-state index contributed by atoms with van der Waals surface area (Å²) in [5.41, 5.74) is 2.38. The number of thioether (sulfide) groups is 1. The highest BCUT2D eigenvalue weighted by molar-refractivity contribution is 7.99. The van der Waals surface area contributed by atoms with E-state index in [1.807, 2.05) is 14.1 Å². The smallest absolute Gasteiger partial charge is 0.324 e. The Morgan fingerprint density at radius 3 is 2.71 bits per heavy atom. The van der Waals surface area contributed by atoms with Crippen molar-refractivity contribution in [3.63, 3.8) is 0 Å². The second-order valence-corrected chi connectivity index (χ2v) is 6.58. The molecule has 1 fully saturated rings. The second kappa shape index (κ2) is 7.71. The van der Waals surface area contributed by atoms with Crippen molar-refractivity contribution < 1.29 is 9.53 Å². The number of benzene rings is 1. The quantitative estimate of drug-likeness (QED) is 0.646. The van der Waals surface area contributed by atoms with Gasteiger partial charge >= 0.3 is 5.97 Å². The maximum Gasteiger partial charge on any atom is 0.324 e. The molecular weight excluding hydrogens is 284 g/mol. The molecular formula is C16H24N2O2S. The molecule has 1 saturated heterocycles. The number of nitrogens with zero attached hydrogens (tertiary/aromatic N) is 1. The van der Waals surface area contributed by atoms with Gasteiger partial charge in [-0.05, 0) is 24.1 Å². The molecule has 1 heterocycles. The van der Waals surface area contributed by atoms with E-state index in [1.54, 1.807) is 11.8 Å². The zero-order chi connectivity index (χ0) is 15.2. The van der Waals surface area contributed by atoms with E-state index in [1.165, 1.54) is 11.3 Å². The third-order valence-corrected chi connectivity index (χ3v) is 4.79. The third kappa shape index (κ3) is 4.38. The first-order valence-corrected chi connectivity index (χ1v) is 8.48. The first-order valence-electron chi connectivity index (χ1n) is 7.43. The van der Waals surface area contributed by atoms with Crippen LogP contribution in [0.25, 0.3) is 0 Å². The highest BCUT2D eigenvalue weighted by Crippen LogP contribution is 2.33. The van der Waals surface area contributed by atoms with Gasteiger partial charge in [-0.25, -0.2) is 0 Å². The molecule has 1 aromatic carbocycles. The molecule has 21 heavy (non-hydrogen) atoms. The molecule has 2 rings (SSSR count). The van der Waals surface area contributed by atoms with Crippen molar-refractivity contribution in [3.05, 3.63) is 29.8 Å². The molecule has 4 nitrogen and oxygen atoms in total. The summed E-state index contributed by atoms with van der Waals surface area (Å²) in [6, 6.07) is 8.25. The Hall–Kier alpha value is -1.20. The molecule has 0 amide bonds. The Kier molecular flexibility index (Phi) is 5.94. The fourth-order valence-electron chi connectivity index (χ4n) is 2.16. The Bertz CT molecular complexity index is 462. The maximum absolute atomic E-state index is 11.9. The summed E-state index contributed by atoms with van der Waals surface area (Å²) < 4.78 is 5.28. The van der Waals surface area contributed by atoms with Gasteiger partial charge in [-0.2, -0.15) is 0 Å². The first-order chi connectivity index (χ1) is 10.1. The summed E-state index contributed by atoms with van der Waals surface area (Å²) in [6.45, 7) is 2.62. The summed E-state index contributed by atoms with van der Waals surface area (Å²) in [6.07, 6.45) is 1.97. The number of anilines is 1. The van der Waals surface area contributed by atoms with Gasteiger partial charge in [-0.3, -0.25) is 10.1 Å². The molecule has 1 aliphatic rings. The van der Waals surface area contributed by atoms with Gasteiger partial charge in [0.05, 0.1) is 12.0 Å². The van der Waals surface area contributed by atoms with Crippen LogP contribution in [-0.2, 0) is 9.53 Å². The Labute approximate surface area is 131 Å². The van der Waals surface area contributed by atoms with E-state index >= 15 is 0 Å². The highest BCUT2D eigenvalue weighted by atomic mass is 32.2. The van der Waals surface area contributed by atoms with E-state index in [2.05, 4.69) is 41.4 Å². The largest absolute Gasteiger partial charge is 0.465 e. The van der Waals surface area contributed by atoms with E-state index in [9.17, 15) is 4.79 Å². The lowest BCUT2D eigenvalue weighted by Crippen LogP contribution is -2.35. The number of esters is 1. The van der Waals surface area contributed by atoms with Gasteiger partial charge < -0.3 is 9.64 Å². The molecule has 0 saturated carbocycles. The summed E-state index contributed by atoms with van der Waals surface area (Å²) >= 11 is 1.76. The molecule has 2 atom stereocenters. The lowest BCUT2D eigenvalue weighted by Gasteiger charge is -2.16. The van der Waals surface area contributed by atoms with Crippen molar-refractivity contribution in [2.75, 3.05) is 31.4 Å². The van der Waals surface area contributed by atoms with Crippen molar-refractivity contribution in [1.82, 2.24) is 5.32 Å². The van der Waals surface area contributed by atoms with Gasteiger partial charge in [0.15, 0.2) is 0 Å². The number of nitrogens with one attached hydrogen (secondary N) is 1. The van der Waals surface area contributed by atoms with Crippen LogP contribution in [0.3, 0.4) is 0 Å². The molecule has 1 N–H and O–H groups in total. The molecule has 0 aromatic heterocycles. The number of ether oxygens (including phenoxy) is 1. The average molecular weight is 308 g/mol. The lowest BCUT2D eigenvalue weighted by molar-refractivity contribution is -0.145. The van der Waals surface area contributed by atoms with E-state index in [-0.39, 0.29) is 17.4 Å². The van der Waals surface area contributed by atoms with Gasteiger partial charge in [0, 0.05) is 25.5 Å². The van der Waals surface area contributed by atoms with E-state index in [4.69, 9.17) is 4.74 Å². The van der Waals surface area contributed by atoms with Crippen LogP contribution < -0.4 is 10.2 Å². The number of hydrogen-bond acceptors (Lipinski definition) is 5. The van der Waals surface area contributed by atoms with Gasteiger partial charge in [0.1, 0.15) is 6.04 Å². The van der Waals surface area contributed by atoms with Crippen molar-refractivity contribution in [2.24, 2.45) is 0 Å². The minimum absolute atomic E-state index is 0.122. The number of hydrogen-bond donors (Lipinski definition) is 1. The third-order valence-electron chi connectivity index (χ3n) is 3.52. The summed E-state index contributed by atoms with van der Waals surface area (Å²) in [5.74, 6) is 0.647. The van der Waals surface area contributed by atoms with E-state index in [0.29, 0.717) is 6.61 Å². The molecule has 1 unspecified atom stereocenters. The van der Waals surface area contributed by atoms with Gasteiger partial charge in [-0.1, -0.05) is 25.5 Å². The van der Waals surface area contributed by atoms with Crippen LogP contribution in [0.15, 0.2) is 24.3 Å². The minimum Gasteiger partial charge on any atom is -0.465 e. The summed E-state index contributed by atoms with van der Waals surface area (Å²) in [4.78, 5) is 14.0. The lowest BCUT2D eigenvalue weighted by atomic mass is 10.2. The van der Waals surface area contributed by atoms with E-state index in [0.717, 1.165) is 18.6 Å². The predicted molar refractivity (Wildman–Crippen MR) is 88.8 cm³/mol. The molecule has 116 valence electrons. The maximum atomic E-state index is 11.9. The minimum atomic E-state index is -0.189. The molecule has 0 bridgehead atoms. The van der Waals surface area contributed by atoms with Crippen LogP contribution >= 0.6 is 11.8 Å². The standard InChI is InChI=1S/C16H24N2O2S/c1-4-5-10-20-16(19)14-11-21-15(17-14)12-6-8-13(9-7-12)18(2)3/h6-9,14-15,17H,4-5,10-11H2,1-3H3/t14-,15?/m0/s1. The predicted octanol–water partition coefficient (Wildman–Crippen LogP) is 2.80. The van der Waals surface area contributed by atoms with Crippen molar-refractivity contribution >= 4 is 23.4 Å². The number of carbonyl (C=O) groups excluding carboxylic acids is 1.